The monoisotopic (exact) mass is 236 g/mol. The molecule has 0 aliphatic heterocycles. The zero-order valence-corrected chi connectivity index (χ0v) is 10.9. The Kier molecular flexibility index (Phi) is 4.97. The molecule has 0 fully saturated rings. The molecule has 1 N–H and O–H groups in total. The Morgan fingerprint density at radius 3 is 2.47 bits per heavy atom. The summed E-state index contributed by atoms with van der Waals surface area (Å²) in [6.07, 6.45) is 0. The zero-order chi connectivity index (χ0) is 12.8. The Hall–Kier alpha value is -1.55. The second-order valence-electron chi connectivity index (χ2n) is 4.08. The van der Waals surface area contributed by atoms with Crippen molar-refractivity contribution in [2.75, 3.05) is 32.6 Å². The number of anilines is 1. The van der Waals surface area contributed by atoms with E-state index in [-0.39, 0.29) is 12.0 Å². The van der Waals surface area contributed by atoms with Crippen LogP contribution in [0.3, 0.4) is 0 Å². The Labute approximate surface area is 103 Å². The molecule has 0 saturated carbocycles. The van der Waals surface area contributed by atoms with E-state index in [1.807, 2.05) is 24.1 Å². The number of carbonyl (C=O) groups is 1. The van der Waals surface area contributed by atoms with E-state index in [1.54, 1.807) is 7.05 Å². The molecule has 17 heavy (non-hydrogen) atoms. The molecule has 1 aromatic carbocycles. The molecule has 0 aliphatic rings. The van der Waals surface area contributed by atoms with Gasteiger partial charge in [0.2, 0.25) is 0 Å². The Balaban J connectivity index is 2.67. The van der Waals surface area contributed by atoms with E-state index in [4.69, 9.17) is 4.74 Å². The molecule has 1 atom stereocenters. The first-order chi connectivity index (χ1) is 8.08. The van der Waals surface area contributed by atoms with Crippen LogP contribution in [0.15, 0.2) is 24.3 Å². The van der Waals surface area contributed by atoms with E-state index in [1.165, 1.54) is 12.7 Å². The summed E-state index contributed by atoms with van der Waals surface area (Å²) in [5.74, 6) is -0.244. The number of nitrogens with one attached hydrogen (secondary N) is 1. The molecule has 1 rings (SSSR count). The molecule has 1 unspecified atom stereocenters. The highest BCUT2D eigenvalue weighted by Crippen LogP contribution is 2.13. The van der Waals surface area contributed by atoms with Crippen LogP contribution in [-0.2, 0) is 9.53 Å². The fourth-order valence-corrected chi connectivity index (χ4v) is 1.60. The third-order valence-corrected chi connectivity index (χ3v) is 2.77. The lowest BCUT2D eigenvalue weighted by Crippen LogP contribution is -2.44. The Bertz CT molecular complexity index is 362. The normalized spacial score (nSPS) is 12.0. The highest BCUT2D eigenvalue weighted by molar-refractivity contribution is 5.76. The van der Waals surface area contributed by atoms with Crippen LogP contribution < -0.4 is 10.2 Å². The predicted molar refractivity (Wildman–Crippen MR) is 69.3 cm³/mol. The number of methoxy groups -OCH3 is 1. The van der Waals surface area contributed by atoms with Crippen LogP contribution in [0.1, 0.15) is 5.56 Å². The van der Waals surface area contributed by atoms with Gasteiger partial charge in [-0.1, -0.05) is 17.7 Å². The van der Waals surface area contributed by atoms with Crippen molar-refractivity contribution < 1.29 is 9.53 Å². The number of hydrogen-bond donors (Lipinski definition) is 1. The number of benzene rings is 1. The van der Waals surface area contributed by atoms with Gasteiger partial charge in [0.25, 0.3) is 0 Å². The summed E-state index contributed by atoms with van der Waals surface area (Å²) >= 11 is 0. The van der Waals surface area contributed by atoms with E-state index in [0.29, 0.717) is 6.54 Å². The molecule has 0 saturated heterocycles. The van der Waals surface area contributed by atoms with Gasteiger partial charge in [0.1, 0.15) is 6.04 Å². The van der Waals surface area contributed by atoms with Gasteiger partial charge >= 0.3 is 5.97 Å². The molecule has 0 amide bonds. The van der Waals surface area contributed by atoms with Crippen LogP contribution in [0.25, 0.3) is 0 Å². The summed E-state index contributed by atoms with van der Waals surface area (Å²) < 4.78 is 4.73. The first kappa shape index (κ1) is 13.5. The third-order valence-electron chi connectivity index (χ3n) is 2.77. The first-order valence-electron chi connectivity index (χ1n) is 5.61. The summed E-state index contributed by atoms with van der Waals surface area (Å²) in [5.41, 5.74) is 2.31. The minimum absolute atomic E-state index is 0.244. The standard InChI is InChI=1S/C13H20N2O2/c1-10-5-7-11(8-6-10)15(3)9-12(14-2)13(16)17-4/h5-8,12,14H,9H2,1-4H3. The lowest BCUT2D eigenvalue weighted by Gasteiger charge is -2.24. The van der Waals surface area contributed by atoms with Gasteiger partial charge in [0.05, 0.1) is 7.11 Å². The summed E-state index contributed by atoms with van der Waals surface area (Å²) in [5, 5.41) is 2.95. The molecule has 0 spiro atoms. The maximum atomic E-state index is 11.5. The zero-order valence-electron chi connectivity index (χ0n) is 10.9. The highest BCUT2D eigenvalue weighted by Gasteiger charge is 2.18. The fraction of sp³-hybridized carbons (Fsp3) is 0.462. The topological polar surface area (TPSA) is 41.6 Å². The molecule has 0 heterocycles. The van der Waals surface area contributed by atoms with Gasteiger partial charge in [-0.15, -0.1) is 0 Å². The van der Waals surface area contributed by atoms with Gasteiger partial charge in [0, 0.05) is 19.3 Å². The average Bonchev–Trinajstić information content (AvgIpc) is 2.35. The summed E-state index contributed by atoms with van der Waals surface area (Å²) in [6.45, 7) is 2.63. The smallest absolute Gasteiger partial charge is 0.324 e. The van der Waals surface area contributed by atoms with Crippen LogP contribution in [0.5, 0.6) is 0 Å². The van der Waals surface area contributed by atoms with Gasteiger partial charge in [-0.25, -0.2) is 0 Å². The number of carbonyl (C=O) groups excluding carboxylic acids is 1. The van der Waals surface area contributed by atoms with Crippen LogP contribution in [-0.4, -0.2) is 39.8 Å². The predicted octanol–water partition coefficient (Wildman–Crippen LogP) is 1.19. The SMILES string of the molecule is CNC(CN(C)c1ccc(C)cc1)C(=O)OC. The number of hydrogen-bond acceptors (Lipinski definition) is 4. The molecule has 0 bridgehead atoms. The Morgan fingerprint density at radius 1 is 1.41 bits per heavy atom. The molecular weight excluding hydrogens is 216 g/mol. The van der Waals surface area contributed by atoms with Crippen molar-refractivity contribution in [2.24, 2.45) is 0 Å². The van der Waals surface area contributed by atoms with Crippen LogP contribution >= 0.6 is 0 Å². The number of aryl methyl sites for hydroxylation is 1. The van der Waals surface area contributed by atoms with Crippen molar-refractivity contribution in [3.63, 3.8) is 0 Å². The molecule has 4 heteroatoms. The van der Waals surface area contributed by atoms with Gasteiger partial charge in [-0.3, -0.25) is 4.79 Å². The quantitative estimate of drug-likeness (QED) is 0.780. The average molecular weight is 236 g/mol. The summed E-state index contributed by atoms with van der Waals surface area (Å²) in [6, 6.07) is 7.88. The summed E-state index contributed by atoms with van der Waals surface area (Å²) in [4.78, 5) is 13.5. The van der Waals surface area contributed by atoms with Crippen molar-refractivity contribution in [3.8, 4) is 0 Å². The lowest BCUT2D eigenvalue weighted by molar-refractivity contribution is -0.142. The largest absolute Gasteiger partial charge is 0.468 e. The molecule has 0 aromatic heterocycles. The van der Waals surface area contributed by atoms with Crippen molar-refractivity contribution >= 4 is 11.7 Å². The molecule has 94 valence electrons. The molecule has 0 aliphatic carbocycles. The number of nitrogens with zero attached hydrogens (tertiary/aromatic N) is 1. The number of esters is 1. The van der Waals surface area contributed by atoms with E-state index < -0.39 is 0 Å². The number of ether oxygens (including phenoxy) is 1. The van der Waals surface area contributed by atoms with E-state index in [2.05, 4.69) is 24.4 Å². The molecule has 4 nitrogen and oxygen atoms in total. The maximum absolute atomic E-state index is 11.5. The first-order valence-corrected chi connectivity index (χ1v) is 5.61. The minimum atomic E-state index is -0.314. The number of rotatable bonds is 5. The van der Waals surface area contributed by atoms with Gasteiger partial charge in [-0.2, -0.15) is 0 Å². The van der Waals surface area contributed by atoms with Gasteiger partial charge < -0.3 is 15.0 Å². The maximum Gasteiger partial charge on any atom is 0.324 e. The summed E-state index contributed by atoms with van der Waals surface area (Å²) in [7, 11) is 5.11. The second-order valence-corrected chi connectivity index (χ2v) is 4.08. The van der Waals surface area contributed by atoms with Crippen LogP contribution in [0.4, 0.5) is 5.69 Å². The van der Waals surface area contributed by atoms with Gasteiger partial charge in [-0.05, 0) is 26.1 Å². The lowest BCUT2D eigenvalue weighted by atomic mass is 10.2. The fourth-order valence-electron chi connectivity index (χ4n) is 1.60. The highest BCUT2D eigenvalue weighted by atomic mass is 16.5. The molecule has 0 radical (unpaired) electrons. The van der Waals surface area contributed by atoms with E-state index >= 15 is 0 Å². The van der Waals surface area contributed by atoms with E-state index in [9.17, 15) is 4.79 Å². The third kappa shape index (κ3) is 3.75. The van der Waals surface area contributed by atoms with Crippen molar-refractivity contribution in [1.82, 2.24) is 5.32 Å². The Morgan fingerprint density at radius 2 is 2.00 bits per heavy atom. The second kappa shape index (κ2) is 6.25. The van der Waals surface area contributed by atoms with Crippen molar-refractivity contribution in [2.45, 2.75) is 13.0 Å². The van der Waals surface area contributed by atoms with Crippen LogP contribution in [0, 0.1) is 6.92 Å². The minimum Gasteiger partial charge on any atom is -0.468 e. The van der Waals surface area contributed by atoms with E-state index in [0.717, 1.165) is 5.69 Å². The molecule has 1 aromatic rings. The van der Waals surface area contributed by atoms with Crippen molar-refractivity contribution in [3.05, 3.63) is 29.8 Å². The van der Waals surface area contributed by atoms with Crippen molar-refractivity contribution in [1.29, 1.82) is 0 Å². The van der Waals surface area contributed by atoms with Gasteiger partial charge in [0.15, 0.2) is 0 Å². The number of likely N-dealkylation sites (N-methyl/N-ethyl adjacent to an activating group) is 2. The van der Waals surface area contributed by atoms with Crippen LogP contribution in [0.2, 0.25) is 0 Å². The molecular formula is C13H20N2O2.